The Labute approximate surface area is 113 Å². The third-order valence-corrected chi connectivity index (χ3v) is 2.85. The van der Waals surface area contributed by atoms with Crippen LogP contribution < -0.4 is 5.32 Å². The summed E-state index contributed by atoms with van der Waals surface area (Å²) in [5.41, 5.74) is 0.251. The first-order valence-corrected chi connectivity index (χ1v) is 6.02. The molecular formula is C13H16F5NO. The monoisotopic (exact) mass is 297 g/mol. The predicted octanol–water partition coefficient (Wildman–Crippen LogP) is 3.50. The zero-order valence-corrected chi connectivity index (χ0v) is 11.2. The van der Waals surface area contributed by atoms with Crippen molar-refractivity contribution >= 4 is 0 Å². The van der Waals surface area contributed by atoms with Gasteiger partial charge in [-0.15, -0.1) is 0 Å². The van der Waals surface area contributed by atoms with E-state index >= 15 is 0 Å². The fourth-order valence-electron chi connectivity index (χ4n) is 1.77. The van der Waals surface area contributed by atoms with Gasteiger partial charge in [-0.2, -0.15) is 13.2 Å². The first-order valence-electron chi connectivity index (χ1n) is 6.02. The van der Waals surface area contributed by atoms with Crippen molar-refractivity contribution in [1.82, 2.24) is 5.32 Å². The molecular weight excluding hydrogens is 281 g/mol. The molecule has 1 N–H and O–H groups in total. The van der Waals surface area contributed by atoms with Crippen LogP contribution in [0.1, 0.15) is 23.6 Å². The molecule has 20 heavy (non-hydrogen) atoms. The quantitative estimate of drug-likeness (QED) is 0.641. The number of nitrogens with one attached hydrogen (secondary N) is 1. The van der Waals surface area contributed by atoms with Crippen molar-refractivity contribution in [1.29, 1.82) is 0 Å². The van der Waals surface area contributed by atoms with Crippen LogP contribution in [-0.2, 0) is 4.74 Å². The topological polar surface area (TPSA) is 21.3 Å². The number of alkyl halides is 3. The van der Waals surface area contributed by atoms with E-state index in [9.17, 15) is 22.0 Å². The van der Waals surface area contributed by atoms with Crippen molar-refractivity contribution < 1.29 is 26.7 Å². The molecule has 1 aromatic carbocycles. The summed E-state index contributed by atoms with van der Waals surface area (Å²) in [7, 11) is 1.52. The Morgan fingerprint density at radius 1 is 1.20 bits per heavy atom. The van der Waals surface area contributed by atoms with Crippen molar-refractivity contribution in [2.24, 2.45) is 0 Å². The lowest BCUT2D eigenvalue weighted by molar-refractivity contribution is -0.174. The lowest BCUT2D eigenvalue weighted by atomic mass is 10.0. The Bertz CT molecular complexity index is 447. The smallest absolute Gasteiger partial charge is 0.372 e. The summed E-state index contributed by atoms with van der Waals surface area (Å²) in [5.74, 6) is -1.93. The first kappa shape index (κ1) is 16.8. The Balaban J connectivity index is 2.65. The van der Waals surface area contributed by atoms with Crippen molar-refractivity contribution in [3.05, 3.63) is 34.9 Å². The molecule has 0 saturated carbocycles. The average molecular weight is 297 g/mol. The second kappa shape index (κ2) is 6.99. The summed E-state index contributed by atoms with van der Waals surface area (Å²) in [6.07, 6.45) is -4.29. The second-order valence-electron chi connectivity index (χ2n) is 4.40. The molecule has 0 bridgehead atoms. The summed E-state index contributed by atoms with van der Waals surface area (Å²) in [4.78, 5) is 0. The van der Waals surface area contributed by atoms with Crippen LogP contribution in [0, 0.1) is 18.6 Å². The van der Waals surface area contributed by atoms with Crippen LogP contribution >= 0.6 is 0 Å². The van der Waals surface area contributed by atoms with E-state index < -0.39 is 30.5 Å². The maximum Gasteiger partial charge on any atom is 0.411 e. The average Bonchev–Trinajstić information content (AvgIpc) is 2.36. The minimum Gasteiger partial charge on any atom is -0.372 e. The molecule has 0 aliphatic carbocycles. The number of halogens is 5. The molecule has 1 rings (SSSR count). The van der Waals surface area contributed by atoms with E-state index in [-0.39, 0.29) is 24.2 Å². The van der Waals surface area contributed by atoms with Crippen LogP contribution in [0.3, 0.4) is 0 Å². The lowest BCUT2D eigenvalue weighted by Crippen LogP contribution is -2.22. The molecule has 0 amide bonds. The highest BCUT2D eigenvalue weighted by atomic mass is 19.4. The van der Waals surface area contributed by atoms with E-state index in [2.05, 4.69) is 10.1 Å². The van der Waals surface area contributed by atoms with Crippen LogP contribution in [0.5, 0.6) is 0 Å². The van der Waals surface area contributed by atoms with E-state index in [1.165, 1.54) is 26.1 Å². The normalized spacial score (nSPS) is 13.6. The SMILES string of the molecule is CNC(CCOCC(F)(F)F)c1ccc(C)c(F)c1F. The maximum absolute atomic E-state index is 13.8. The lowest BCUT2D eigenvalue weighted by Gasteiger charge is -2.18. The van der Waals surface area contributed by atoms with Gasteiger partial charge in [-0.25, -0.2) is 8.78 Å². The molecule has 1 atom stereocenters. The number of benzene rings is 1. The Morgan fingerprint density at radius 2 is 1.85 bits per heavy atom. The van der Waals surface area contributed by atoms with Gasteiger partial charge in [0.25, 0.3) is 0 Å². The van der Waals surface area contributed by atoms with Crippen LogP contribution in [0.2, 0.25) is 0 Å². The number of rotatable bonds is 6. The molecule has 0 aliphatic heterocycles. The number of ether oxygens (including phenoxy) is 1. The summed E-state index contributed by atoms with van der Waals surface area (Å²) >= 11 is 0. The van der Waals surface area contributed by atoms with Crippen molar-refractivity contribution in [2.45, 2.75) is 25.6 Å². The van der Waals surface area contributed by atoms with E-state index in [0.717, 1.165) is 0 Å². The van der Waals surface area contributed by atoms with Gasteiger partial charge in [0.05, 0.1) is 0 Å². The molecule has 0 radical (unpaired) electrons. The van der Waals surface area contributed by atoms with Gasteiger partial charge in [-0.3, -0.25) is 0 Å². The largest absolute Gasteiger partial charge is 0.411 e. The zero-order chi connectivity index (χ0) is 15.3. The molecule has 0 heterocycles. The van der Waals surface area contributed by atoms with E-state index in [1.807, 2.05) is 0 Å². The summed E-state index contributed by atoms with van der Waals surface area (Å²) in [6, 6.07) is 2.23. The Kier molecular flexibility index (Phi) is 5.88. The van der Waals surface area contributed by atoms with Gasteiger partial charge < -0.3 is 10.1 Å². The molecule has 114 valence electrons. The van der Waals surface area contributed by atoms with Crippen LogP contribution in [0.15, 0.2) is 12.1 Å². The fourth-order valence-corrected chi connectivity index (χ4v) is 1.77. The molecule has 0 fully saturated rings. The second-order valence-corrected chi connectivity index (χ2v) is 4.40. The third-order valence-electron chi connectivity index (χ3n) is 2.85. The molecule has 1 aromatic rings. The van der Waals surface area contributed by atoms with E-state index in [4.69, 9.17) is 0 Å². The predicted molar refractivity (Wildman–Crippen MR) is 64.4 cm³/mol. The van der Waals surface area contributed by atoms with Gasteiger partial charge >= 0.3 is 6.18 Å². The van der Waals surface area contributed by atoms with Crippen molar-refractivity contribution in [3.63, 3.8) is 0 Å². The van der Waals surface area contributed by atoms with Gasteiger partial charge in [0.1, 0.15) is 6.61 Å². The highest BCUT2D eigenvalue weighted by Crippen LogP contribution is 2.24. The van der Waals surface area contributed by atoms with Gasteiger partial charge in [-0.1, -0.05) is 12.1 Å². The standard InChI is InChI=1S/C13H16F5NO/c1-8-3-4-9(12(15)11(8)14)10(19-2)5-6-20-7-13(16,17)18/h3-4,10,19H,5-7H2,1-2H3. The Morgan fingerprint density at radius 3 is 2.40 bits per heavy atom. The molecule has 0 aromatic heterocycles. The summed E-state index contributed by atoms with van der Waals surface area (Å²) in [5, 5.41) is 2.74. The molecule has 0 saturated heterocycles. The first-order chi connectivity index (χ1) is 9.26. The van der Waals surface area contributed by atoms with Gasteiger partial charge in [0, 0.05) is 18.2 Å². The number of hydrogen-bond acceptors (Lipinski definition) is 2. The van der Waals surface area contributed by atoms with Crippen LogP contribution in [-0.4, -0.2) is 26.4 Å². The summed E-state index contributed by atoms with van der Waals surface area (Å²) in [6.45, 7) is -0.128. The van der Waals surface area contributed by atoms with Gasteiger partial charge in [0.15, 0.2) is 11.6 Å². The number of hydrogen-bond donors (Lipinski definition) is 1. The summed E-state index contributed by atoms with van der Waals surface area (Å²) < 4.78 is 67.4. The molecule has 1 unspecified atom stereocenters. The van der Waals surface area contributed by atoms with Crippen LogP contribution in [0.25, 0.3) is 0 Å². The zero-order valence-electron chi connectivity index (χ0n) is 11.2. The number of aryl methyl sites for hydroxylation is 1. The van der Waals surface area contributed by atoms with Gasteiger partial charge in [0.2, 0.25) is 0 Å². The van der Waals surface area contributed by atoms with E-state index in [1.54, 1.807) is 0 Å². The van der Waals surface area contributed by atoms with Crippen molar-refractivity contribution in [2.75, 3.05) is 20.3 Å². The van der Waals surface area contributed by atoms with Gasteiger partial charge in [-0.05, 0) is 26.0 Å². The molecule has 0 spiro atoms. The highest BCUT2D eigenvalue weighted by molar-refractivity contribution is 5.27. The molecule has 0 aliphatic rings. The maximum atomic E-state index is 13.8. The Hall–Kier alpha value is -1.21. The molecule has 7 heteroatoms. The van der Waals surface area contributed by atoms with Crippen molar-refractivity contribution in [3.8, 4) is 0 Å². The minimum absolute atomic E-state index is 0.0752. The minimum atomic E-state index is -4.39. The fraction of sp³-hybridized carbons (Fsp3) is 0.538. The van der Waals surface area contributed by atoms with E-state index in [0.29, 0.717) is 0 Å². The van der Waals surface area contributed by atoms with Crippen LogP contribution in [0.4, 0.5) is 22.0 Å². The highest BCUT2D eigenvalue weighted by Gasteiger charge is 2.27. The third kappa shape index (κ3) is 4.72. The molecule has 2 nitrogen and oxygen atoms in total.